The molecule has 5 heteroatoms. The fourth-order valence-corrected chi connectivity index (χ4v) is 1.25. The van der Waals surface area contributed by atoms with Crippen LogP contribution in [0.1, 0.15) is 19.7 Å². The first-order chi connectivity index (χ1) is 7.58. The van der Waals surface area contributed by atoms with Crippen LogP contribution < -0.4 is 11.1 Å². The second-order valence-corrected chi connectivity index (χ2v) is 4.12. The van der Waals surface area contributed by atoms with Crippen molar-refractivity contribution in [2.24, 2.45) is 5.92 Å². The van der Waals surface area contributed by atoms with Crippen molar-refractivity contribution in [3.05, 3.63) is 11.9 Å². The molecule has 0 unspecified atom stereocenters. The van der Waals surface area contributed by atoms with Gasteiger partial charge in [0.25, 0.3) is 0 Å². The van der Waals surface area contributed by atoms with Crippen molar-refractivity contribution in [2.45, 2.75) is 20.8 Å². The zero-order valence-electron chi connectivity index (χ0n) is 10.2. The van der Waals surface area contributed by atoms with Crippen LogP contribution in [-0.2, 0) is 4.74 Å². The third kappa shape index (κ3) is 4.93. The predicted octanol–water partition coefficient (Wildman–Crippen LogP) is 1.45. The van der Waals surface area contributed by atoms with Crippen molar-refractivity contribution in [1.82, 2.24) is 9.97 Å². The highest BCUT2D eigenvalue weighted by Gasteiger charge is 1.98. The van der Waals surface area contributed by atoms with Gasteiger partial charge in [0, 0.05) is 19.2 Å². The quantitative estimate of drug-likeness (QED) is 0.715. The molecule has 1 heterocycles. The van der Waals surface area contributed by atoms with Gasteiger partial charge in [0.1, 0.15) is 17.5 Å². The fourth-order valence-electron chi connectivity index (χ4n) is 1.25. The van der Waals surface area contributed by atoms with Crippen molar-refractivity contribution in [2.75, 3.05) is 30.8 Å². The molecule has 0 fully saturated rings. The molecule has 0 amide bonds. The molecule has 1 aromatic heterocycles. The molecular formula is C11H20N4O. The number of nitrogens with one attached hydrogen (secondary N) is 1. The second kappa shape index (κ2) is 6.27. The third-order valence-corrected chi connectivity index (χ3v) is 1.86. The van der Waals surface area contributed by atoms with Crippen molar-refractivity contribution in [1.29, 1.82) is 0 Å². The molecule has 0 aliphatic heterocycles. The number of nitrogen functional groups attached to an aromatic ring is 1. The fraction of sp³-hybridized carbons (Fsp3) is 0.636. The molecule has 0 bridgehead atoms. The maximum Gasteiger partial charge on any atom is 0.131 e. The molecule has 0 atom stereocenters. The SMILES string of the molecule is Cc1nc(N)cc(NCCOCC(C)C)n1. The topological polar surface area (TPSA) is 73.1 Å². The summed E-state index contributed by atoms with van der Waals surface area (Å²) >= 11 is 0. The summed E-state index contributed by atoms with van der Waals surface area (Å²) < 4.78 is 5.44. The van der Waals surface area contributed by atoms with Gasteiger partial charge < -0.3 is 15.8 Å². The van der Waals surface area contributed by atoms with Crippen LogP contribution in [0.5, 0.6) is 0 Å². The summed E-state index contributed by atoms with van der Waals surface area (Å²) in [6.07, 6.45) is 0. The average Bonchev–Trinajstić information content (AvgIpc) is 2.15. The van der Waals surface area contributed by atoms with Gasteiger partial charge in [0.05, 0.1) is 6.61 Å². The molecule has 0 radical (unpaired) electrons. The molecule has 1 rings (SSSR count). The van der Waals surface area contributed by atoms with Crippen molar-refractivity contribution < 1.29 is 4.74 Å². The Morgan fingerprint density at radius 3 is 2.81 bits per heavy atom. The van der Waals surface area contributed by atoms with E-state index in [0.717, 1.165) is 19.0 Å². The number of nitrogens with zero attached hydrogens (tertiary/aromatic N) is 2. The van der Waals surface area contributed by atoms with Crippen LogP contribution >= 0.6 is 0 Å². The van der Waals surface area contributed by atoms with E-state index in [1.807, 2.05) is 6.92 Å². The average molecular weight is 224 g/mol. The summed E-state index contributed by atoms with van der Waals surface area (Å²) in [5.41, 5.74) is 5.61. The maximum absolute atomic E-state index is 5.61. The van der Waals surface area contributed by atoms with Gasteiger partial charge in [0.2, 0.25) is 0 Å². The monoisotopic (exact) mass is 224 g/mol. The molecule has 0 saturated carbocycles. The van der Waals surface area contributed by atoms with Crippen LogP contribution in [0.15, 0.2) is 6.07 Å². The molecular weight excluding hydrogens is 204 g/mol. The number of hydrogen-bond acceptors (Lipinski definition) is 5. The lowest BCUT2D eigenvalue weighted by molar-refractivity contribution is 0.118. The van der Waals surface area contributed by atoms with Crippen LogP contribution in [0.4, 0.5) is 11.6 Å². The molecule has 0 saturated heterocycles. The van der Waals surface area contributed by atoms with Crippen LogP contribution in [0.25, 0.3) is 0 Å². The van der Waals surface area contributed by atoms with E-state index in [-0.39, 0.29) is 0 Å². The summed E-state index contributed by atoms with van der Waals surface area (Å²) in [7, 11) is 0. The second-order valence-electron chi connectivity index (χ2n) is 4.12. The Morgan fingerprint density at radius 1 is 1.44 bits per heavy atom. The first-order valence-electron chi connectivity index (χ1n) is 5.50. The van der Waals surface area contributed by atoms with Gasteiger partial charge in [-0.05, 0) is 12.8 Å². The Labute approximate surface area is 96.4 Å². The molecule has 0 aliphatic rings. The number of nitrogens with two attached hydrogens (primary N) is 1. The lowest BCUT2D eigenvalue weighted by Gasteiger charge is -2.09. The first kappa shape index (κ1) is 12.7. The molecule has 16 heavy (non-hydrogen) atoms. The number of anilines is 2. The lowest BCUT2D eigenvalue weighted by atomic mass is 10.2. The third-order valence-electron chi connectivity index (χ3n) is 1.86. The van der Waals surface area contributed by atoms with Crippen molar-refractivity contribution in [3.63, 3.8) is 0 Å². The van der Waals surface area contributed by atoms with Crippen LogP contribution in [0.3, 0.4) is 0 Å². The predicted molar refractivity (Wildman–Crippen MR) is 65.3 cm³/mol. The van der Waals surface area contributed by atoms with Crippen LogP contribution in [0, 0.1) is 12.8 Å². The van der Waals surface area contributed by atoms with Crippen LogP contribution in [0.2, 0.25) is 0 Å². The van der Waals surface area contributed by atoms with E-state index in [1.165, 1.54) is 0 Å². The van der Waals surface area contributed by atoms with E-state index >= 15 is 0 Å². The minimum atomic E-state index is 0.484. The molecule has 90 valence electrons. The number of ether oxygens (including phenoxy) is 1. The van der Waals surface area contributed by atoms with E-state index in [4.69, 9.17) is 10.5 Å². The normalized spacial score (nSPS) is 10.8. The van der Waals surface area contributed by atoms with Gasteiger partial charge in [-0.1, -0.05) is 13.8 Å². The summed E-state index contributed by atoms with van der Waals surface area (Å²) in [6, 6.07) is 1.72. The Bertz CT molecular complexity index is 308. The first-order valence-corrected chi connectivity index (χ1v) is 5.50. The van der Waals surface area contributed by atoms with Gasteiger partial charge in [-0.2, -0.15) is 0 Å². The minimum Gasteiger partial charge on any atom is -0.384 e. The molecule has 5 nitrogen and oxygen atoms in total. The van der Waals surface area contributed by atoms with E-state index in [9.17, 15) is 0 Å². The Hall–Kier alpha value is -1.36. The van der Waals surface area contributed by atoms with E-state index in [1.54, 1.807) is 6.07 Å². The van der Waals surface area contributed by atoms with Gasteiger partial charge in [-0.15, -0.1) is 0 Å². The highest BCUT2D eigenvalue weighted by Crippen LogP contribution is 2.06. The Balaban J connectivity index is 2.26. The maximum atomic E-state index is 5.61. The molecule has 3 N–H and O–H groups in total. The Kier molecular flexibility index (Phi) is 4.98. The smallest absolute Gasteiger partial charge is 0.131 e. The number of aryl methyl sites for hydroxylation is 1. The van der Waals surface area contributed by atoms with Gasteiger partial charge in [-0.25, -0.2) is 9.97 Å². The number of rotatable bonds is 6. The summed E-state index contributed by atoms with van der Waals surface area (Å²) in [5, 5.41) is 3.14. The van der Waals surface area contributed by atoms with E-state index in [2.05, 4.69) is 29.1 Å². The highest BCUT2D eigenvalue weighted by atomic mass is 16.5. The standard InChI is InChI=1S/C11H20N4O/c1-8(2)7-16-5-4-13-11-6-10(12)14-9(3)15-11/h6,8H,4-5,7H2,1-3H3,(H3,12,13,14,15). The number of aromatic nitrogens is 2. The number of hydrogen-bond donors (Lipinski definition) is 2. The Morgan fingerprint density at radius 2 is 2.19 bits per heavy atom. The van der Waals surface area contributed by atoms with Gasteiger partial charge in [0.15, 0.2) is 0 Å². The summed E-state index contributed by atoms with van der Waals surface area (Å²) in [6.45, 7) is 8.25. The summed E-state index contributed by atoms with van der Waals surface area (Å²) in [5.74, 6) is 2.47. The molecule has 0 spiro atoms. The van der Waals surface area contributed by atoms with Crippen molar-refractivity contribution >= 4 is 11.6 Å². The van der Waals surface area contributed by atoms with E-state index < -0.39 is 0 Å². The van der Waals surface area contributed by atoms with Gasteiger partial charge in [-0.3, -0.25) is 0 Å². The van der Waals surface area contributed by atoms with E-state index in [0.29, 0.717) is 24.2 Å². The van der Waals surface area contributed by atoms with Crippen LogP contribution in [-0.4, -0.2) is 29.7 Å². The highest BCUT2D eigenvalue weighted by molar-refractivity contribution is 5.44. The minimum absolute atomic E-state index is 0.484. The molecule has 0 aromatic carbocycles. The summed E-state index contributed by atoms with van der Waals surface area (Å²) in [4.78, 5) is 8.21. The molecule has 0 aliphatic carbocycles. The zero-order valence-corrected chi connectivity index (χ0v) is 10.2. The zero-order chi connectivity index (χ0) is 12.0. The largest absolute Gasteiger partial charge is 0.384 e. The van der Waals surface area contributed by atoms with Gasteiger partial charge >= 0.3 is 0 Å². The molecule has 1 aromatic rings. The lowest BCUT2D eigenvalue weighted by Crippen LogP contribution is -2.13. The van der Waals surface area contributed by atoms with Crippen molar-refractivity contribution in [3.8, 4) is 0 Å².